The van der Waals surface area contributed by atoms with Crippen molar-refractivity contribution < 1.29 is 4.39 Å². The summed E-state index contributed by atoms with van der Waals surface area (Å²) in [5.74, 6) is 1.92. The zero-order valence-corrected chi connectivity index (χ0v) is 11.4. The molecule has 3 heteroatoms. The van der Waals surface area contributed by atoms with Gasteiger partial charge in [0.25, 0.3) is 0 Å². The summed E-state index contributed by atoms with van der Waals surface area (Å²) < 4.78 is 13.7. The maximum atomic E-state index is 13.7. The fraction of sp³-hybridized carbons (Fsp3) is 0.600. The van der Waals surface area contributed by atoms with Gasteiger partial charge in [0, 0.05) is 10.9 Å². The molecule has 1 aliphatic carbocycles. The molecule has 1 unspecified atom stereocenters. The van der Waals surface area contributed by atoms with Crippen LogP contribution in [0.25, 0.3) is 0 Å². The van der Waals surface area contributed by atoms with E-state index in [-0.39, 0.29) is 5.82 Å². The summed E-state index contributed by atoms with van der Waals surface area (Å²) in [6.45, 7) is 1.08. The molecule has 0 spiro atoms. The number of fused-ring (bicyclic) bond motifs is 1. The van der Waals surface area contributed by atoms with Crippen molar-refractivity contribution in [3.05, 3.63) is 29.6 Å². The van der Waals surface area contributed by atoms with E-state index < -0.39 is 0 Å². The van der Waals surface area contributed by atoms with Gasteiger partial charge in [0.15, 0.2) is 0 Å². The second-order valence-electron chi connectivity index (χ2n) is 5.39. The summed E-state index contributed by atoms with van der Waals surface area (Å²) in [7, 11) is 0. The van der Waals surface area contributed by atoms with Gasteiger partial charge in [-0.3, -0.25) is 0 Å². The minimum Gasteiger partial charge on any atom is -0.310 e. The molecule has 98 valence electrons. The van der Waals surface area contributed by atoms with Gasteiger partial charge in [-0.2, -0.15) is 0 Å². The highest BCUT2D eigenvalue weighted by molar-refractivity contribution is 7.99. The first kappa shape index (κ1) is 12.5. The lowest BCUT2D eigenvalue weighted by Gasteiger charge is -2.29. The van der Waals surface area contributed by atoms with Crippen LogP contribution in [0.4, 0.5) is 4.39 Å². The molecule has 1 heterocycles. The fourth-order valence-electron chi connectivity index (χ4n) is 2.84. The number of halogens is 1. The Morgan fingerprint density at radius 1 is 1.28 bits per heavy atom. The summed E-state index contributed by atoms with van der Waals surface area (Å²) in [5.41, 5.74) is 1.17. The number of hydrogen-bond donors (Lipinski definition) is 1. The van der Waals surface area contributed by atoms with Crippen LogP contribution >= 0.6 is 11.8 Å². The molecule has 1 N–H and O–H groups in total. The van der Waals surface area contributed by atoms with Crippen LogP contribution in [-0.2, 0) is 0 Å². The molecule has 0 bridgehead atoms. The van der Waals surface area contributed by atoms with Gasteiger partial charge in [0.05, 0.1) is 0 Å². The predicted molar refractivity (Wildman–Crippen MR) is 74.4 cm³/mol. The predicted octanol–water partition coefficient (Wildman–Crippen LogP) is 4.14. The largest absolute Gasteiger partial charge is 0.310 e. The van der Waals surface area contributed by atoms with Gasteiger partial charge in [-0.05, 0) is 42.7 Å². The highest BCUT2D eigenvalue weighted by Gasteiger charge is 2.23. The van der Waals surface area contributed by atoms with Gasteiger partial charge in [-0.15, -0.1) is 11.8 Å². The van der Waals surface area contributed by atoms with Crippen molar-refractivity contribution >= 4 is 11.8 Å². The Bertz CT molecular complexity index is 417. The van der Waals surface area contributed by atoms with Crippen molar-refractivity contribution in [3.8, 4) is 0 Å². The van der Waals surface area contributed by atoms with Gasteiger partial charge >= 0.3 is 0 Å². The fourth-order valence-corrected chi connectivity index (χ4v) is 3.98. The third kappa shape index (κ3) is 2.57. The van der Waals surface area contributed by atoms with Crippen molar-refractivity contribution in [2.75, 3.05) is 12.3 Å². The Balaban J connectivity index is 1.61. The van der Waals surface area contributed by atoms with Crippen LogP contribution in [0.15, 0.2) is 23.1 Å². The van der Waals surface area contributed by atoms with E-state index in [1.54, 1.807) is 17.8 Å². The first-order chi connectivity index (χ1) is 8.84. The summed E-state index contributed by atoms with van der Waals surface area (Å²) >= 11 is 1.66. The van der Waals surface area contributed by atoms with E-state index in [0.29, 0.717) is 6.04 Å². The van der Waals surface area contributed by atoms with Crippen LogP contribution in [0, 0.1) is 11.7 Å². The zero-order valence-electron chi connectivity index (χ0n) is 10.6. The molecule has 1 atom stereocenters. The van der Waals surface area contributed by atoms with E-state index in [4.69, 9.17) is 0 Å². The quantitative estimate of drug-likeness (QED) is 0.878. The van der Waals surface area contributed by atoms with E-state index in [1.165, 1.54) is 31.2 Å². The van der Waals surface area contributed by atoms with Crippen LogP contribution in [0.2, 0.25) is 0 Å². The average Bonchev–Trinajstić information content (AvgIpc) is 2.33. The van der Waals surface area contributed by atoms with Gasteiger partial charge in [0.2, 0.25) is 0 Å². The number of thioether (sulfide) groups is 1. The third-order valence-electron chi connectivity index (χ3n) is 4.19. The smallest absolute Gasteiger partial charge is 0.137 e. The molecule has 1 fully saturated rings. The van der Waals surface area contributed by atoms with Crippen molar-refractivity contribution in [1.82, 2.24) is 5.32 Å². The molecule has 0 aromatic heterocycles. The number of benzene rings is 1. The van der Waals surface area contributed by atoms with Crippen LogP contribution in [0.1, 0.15) is 43.7 Å². The van der Waals surface area contributed by atoms with Gasteiger partial charge in [-0.1, -0.05) is 31.4 Å². The maximum Gasteiger partial charge on any atom is 0.137 e. The maximum absolute atomic E-state index is 13.7. The molecule has 0 amide bonds. The second kappa shape index (κ2) is 5.62. The van der Waals surface area contributed by atoms with Crippen molar-refractivity contribution in [3.63, 3.8) is 0 Å². The molecule has 1 aromatic rings. The van der Waals surface area contributed by atoms with Crippen LogP contribution in [0.5, 0.6) is 0 Å². The van der Waals surface area contributed by atoms with Gasteiger partial charge < -0.3 is 5.32 Å². The molecule has 18 heavy (non-hydrogen) atoms. The van der Waals surface area contributed by atoms with E-state index in [0.717, 1.165) is 29.5 Å². The molecule has 1 saturated carbocycles. The Labute approximate surface area is 113 Å². The Morgan fingerprint density at radius 2 is 2.17 bits per heavy atom. The SMILES string of the molecule is Fc1cccc2c1SCCC2NCCC1CCC1. The lowest BCUT2D eigenvalue weighted by atomic mass is 9.83. The molecule has 1 nitrogen and oxygen atoms in total. The molecular weight excluding hydrogens is 245 g/mol. The van der Waals surface area contributed by atoms with Gasteiger partial charge in [-0.25, -0.2) is 4.39 Å². The summed E-state index contributed by atoms with van der Waals surface area (Å²) in [6, 6.07) is 5.84. The van der Waals surface area contributed by atoms with Gasteiger partial charge in [0.1, 0.15) is 5.82 Å². The molecule has 0 radical (unpaired) electrons. The molecule has 3 rings (SSSR count). The highest BCUT2D eigenvalue weighted by Crippen LogP contribution is 2.38. The van der Waals surface area contributed by atoms with Crippen molar-refractivity contribution in [2.45, 2.75) is 43.0 Å². The lowest BCUT2D eigenvalue weighted by Crippen LogP contribution is -2.28. The first-order valence-corrected chi connectivity index (χ1v) is 7.98. The number of rotatable bonds is 4. The first-order valence-electron chi connectivity index (χ1n) is 6.99. The Kier molecular flexibility index (Phi) is 3.90. The third-order valence-corrected chi connectivity index (χ3v) is 5.35. The van der Waals surface area contributed by atoms with E-state index in [2.05, 4.69) is 11.4 Å². The minimum absolute atomic E-state index is 0.0528. The minimum atomic E-state index is -0.0528. The Hall–Kier alpha value is -0.540. The monoisotopic (exact) mass is 265 g/mol. The van der Waals surface area contributed by atoms with Crippen LogP contribution in [-0.4, -0.2) is 12.3 Å². The summed E-state index contributed by atoms with van der Waals surface area (Å²) in [4.78, 5) is 0.866. The zero-order chi connectivity index (χ0) is 12.4. The normalized spacial score (nSPS) is 23.5. The molecule has 1 aromatic carbocycles. The summed E-state index contributed by atoms with van der Waals surface area (Å²) in [6.07, 6.45) is 6.64. The number of hydrogen-bond acceptors (Lipinski definition) is 2. The van der Waals surface area contributed by atoms with E-state index in [9.17, 15) is 4.39 Å². The lowest BCUT2D eigenvalue weighted by molar-refractivity contribution is 0.286. The molecular formula is C15H20FNS. The second-order valence-corrected chi connectivity index (χ2v) is 6.49. The topological polar surface area (TPSA) is 12.0 Å². The molecule has 1 aliphatic heterocycles. The highest BCUT2D eigenvalue weighted by atomic mass is 32.2. The Morgan fingerprint density at radius 3 is 2.94 bits per heavy atom. The molecule has 0 saturated heterocycles. The van der Waals surface area contributed by atoms with E-state index in [1.807, 2.05) is 6.07 Å². The standard InChI is InChI=1S/C15H20FNS/c16-13-6-2-5-12-14(8-10-18-15(12)13)17-9-7-11-3-1-4-11/h2,5-6,11,14,17H,1,3-4,7-10H2. The van der Waals surface area contributed by atoms with Crippen LogP contribution < -0.4 is 5.32 Å². The van der Waals surface area contributed by atoms with E-state index >= 15 is 0 Å². The van der Waals surface area contributed by atoms with Crippen LogP contribution in [0.3, 0.4) is 0 Å². The van der Waals surface area contributed by atoms with Crippen molar-refractivity contribution in [1.29, 1.82) is 0 Å². The number of nitrogens with one attached hydrogen (secondary N) is 1. The molecule has 2 aliphatic rings. The summed E-state index contributed by atoms with van der Waals surface area (Å²) in [5, 5.41) is 3.62. The average molecular weight is 265 g/mol. The van der Waals surface area contributed by atoms with Crippen molar-refractivity contribution in [2.24, 2.45) is 5.92 Å².